The highest BCUT2D eigenvalue weighted by molar-refractivity contribution is 6.10. The van der Waals surface area contributed by atoms with E-state index in [2.05, 4.69) is 25.7 Å². The van der Waals surface area contributed by atoms with E-state index in [0.717, 1.165) is 0 Å². The van der Waals surface area contributed by atoms with Gasteiger partial charge in [0, 0.05) is 11.6 Å². The number of H-pyrrole nitrogens is 1. The molecule has 1 aromatic carbocycles. The minimum absolute atomic E-state index is 0.130. The molecule has 0 saturated heterocycles. The Morgan fingerprint density at radius 1 is 1.10 bits per heavy atom. The third-order valence-corrected chi connectivity index (χ3v) is 2.73. The predicted molar refractivity (Wildman–Crippen MR) is 72.3 cm³/mol. The normalized spacial score (nSPS) is 10.4. The largest absolute Gasteiger partial charge is 0.304 e. The van der Waals surface area contributed by atoms with Gasteiger partial charge in [-0.15, -0.1) is 5.10 Å². The number of rotatable bonds is 2. The second-order valence-electron chi connectivity index (χ2n) is 4.01. The number of carbonyl (C=O) groups is 1. The van der Waals surface area contributed by atoms with Crippen molar-refractivity contribution >= 4 is 22.5 Å². The Morgan fingerprint density at radius 2 is 1.90 bits per heavy atom. The van der Waals surface area contributed by atoms with Crippen LogP contribution in [0.5, 0.6) is 0 Å². The van der Waals surface area contributed by atoms with Gasteiger partial charge in [-0.25, -0.2) is 5.10 Å². The van der Waals surface area contributed by atoms with Gasteiger partial charge in [-0.1, -0.05) is 18.2 Å². The third-order valence-electron chi connectivity index (χ3n) is 2.73. The van der Waals surface area contributed by atoms with Crippen molar-refractivity contribution in [1.82, 2.24) is 20.4 Å². The average molecular weight is 267 g/mol. The smallest absolute Gasteiger partial charge is 0.277 e. The van der Waals surface area contributed by atoms with Crippen LogP contribution in [0.25, 0.3) is 10.8 Å². The predicted octanol–water partition coefficient (Wildman–Crippen LogP) is 0.965. The molecule has 7 nitrogen and oxygen atoms in total. The van der Waals surface area contributed by atoms with E-state index < -0.39 is 5.91 Å². The van der Waals surface area contributed by atoms with Crippen LogP contribution in [-0.4, -0.2) is 26.3 Å². The standard InChI is InChI=1S/C13H9N5O2/c19-12-9-5-2-1-4-8(9)11(17-18-12)13(20)15-10-6-3-7-14-16-10/h1-7H,(H,18,19)(H,15,16,20). The maximum absolute atomic E-state index is 12.2. The molecule has 0 radical (unpaired) electrons. The number of aromatic amines is 1. The number of aromatic nitrogens is 4. The molecule has 2 heterocycles. The lowest BCUT2D eigenvalue weighted by atomic mass is 10.1. The van der Waals surface area contributed by atoms with Gasteiger partial charge in [0.15, 0.2) is 11.5 Å². The number of benzene rings is 1. The highest BCUT2D eigenvalue weighted by atomic mass is 16.2. The van der Waals surface area contributed by atoms with Gasteiger partial charge in [-0.05, 0) is 18.2 Å². The van der Waals surface area contributed by atoms with Crippen LogP contribution in [0, 0.1) is 0 Å². The molecule has 3 rings (SSSR count). The third kappa shape index (κ3) is 2.12. The fourth-order valence-electron chi connectivity index (χ4n) is 1.83. The van der Waals surface area contributed by atoms with Gasteiger partial charge in [0.05, 0.1) is 5.39 Å². The van der Waals surface area contributed by atoms with Crippen LogP contribution in [0.15, 0.2) is 47.4 Å². The maximum atomic E-state index is 12.2. The number of nitrogens with zero attached hydrogens (tertiary/aromatic N) is 3. The first kappa shape index (κ1) is 12.0. The average Bonchev–Trinajstić information content (AvgIpc) is 2.49. The molecule has 7 heteroatoms. The molecule has 0 bridgehead atoms. The lowest BCUT2D eigenvalue weighted by Crippen LogP contribution is -2.19. The summed E-state index contributed by atoms with van der Waals surface area (Å²) in [5.74, 6) is -0.146. The molecule has 1 amide bonds. The van der Waals surface area contributed by atoms with Crippen LogP contribution in [-0.2, 0) is 0 Å². The Kier molecular flexibility index (Phi) is 2.92. The van der Waals surface area contributed by atoms with Crippen molar-refractivity contribution in [3.05, 3.63) is 58.6 Å². The minimum Gasteiger partial charge on any atom is -0.304 e. The molecule has 2 N–H and O–H groups in total. The first-order chi connectivity index (χ1) is 9.75. The summed E-state index contributed by atoms with van der Waals surface area (Å²) in [6.07, 6.45) is 1.50. The summed E-state index contributed by atoms with van der Waals surface area (Å²) in [5.41, 5.74) is -0.206. The van der Waals surface area contributed by atoms with Gasteiger partial charge in [0.1, 0.15) is 0 Å². The Balaban J connectivity index is 2.04. The monoisotopic (exact) mass is 267 g/mol. The number of amides is 1. The maximum Gasteiger partial charge on any atom is 0.277 e. The molecule has 0 spiro atoms. The molecular formula is C13H9N5O2. The van der Waals surface area contributed by atoms with E-state index in [1.165, 1.54) is 6.20 Å². The highest BCUT2D eigenvalue weighted by Crippen LogP contribution is 2.13. The van der Waals surface area contributed by atoms with E-state index in [4.69, 9.17) is 0 Å². The van der Waals surface area contributed by atoms with Gasteiger partial charge in [-0.2, -0.15) is 10.2 Å². The lowest BCUT2D eigenvalue weighted by molar-refractivity contribution is 0.102. The lowest BCUT2D eigenvalue weighted by Gasteiger charge is -2.05. The van der Waals surface area contributed by atoms with Crippen LogP contribution in [0.3, 0.4) is 0 Å². The van der Waals surface area contributed by atoms with E-state index >= 15 is 0 Å². The van der Waals surface area contributed by atoms with Crippen molar-refractivity contribution in [2.24, 2.45) is 0 Å². The number of hydrogen-bond donors (Lipinski definition) is 2. The summed E-state index contributed by atoms with van der Waals surface area (Å²) >= 11 is 0. The van der Waals surface area contributed by atoms with Crippen molar-refractivity contribution < 1.29 is 4.79 Å². The van der Waals surface area contributed by atoms with Crippen molar-refractivity contribution in [1.29, 1.82) is 0 Å². The molecule has 20 heavy (non-hydrogen) atoms. The van der Waals surface area contributed by atoms with Crippen molar-refractivity contribution in [3.8, 4) is 0 Å². The van der Waals surface area contributed by atoms with Gasteiger partial charge in [0.2, 0.25) is 0 Å². The summed E-state index contributed by atoms with van der Waals surface area (Å²) in [6.45, 7) is 0. The fourth-order valence-corrected chi connectivity index (χ4v) is 1.83. The zero-order valence-electron chi connectivity index (χ0n) is 10.2. The summed E-state index contributed by atoms with van der Waals surface area (Å²) in [4.78, 5) is 23.8. The van der Waals surface area contributed by atoms with Crippen LogP contribution in [0.4, 0.5) is 5.82 Å². The van der Waals surface area contributed by atoms with Crippen LogP contribution in [0.2, 0.25) is 0 Å². The minimum atomic E-state index is -0.460. The fraction of sp³-hybridized carbons (Fsp3) is 0. The molecule has 2 aromatic heterocycles. The van der Waals surface area contributed by atoms with Gasteiger partial charge in [-0.3, -0.25) is 9.59 Å². The van der Waals surface area contributed by atoms with E-state index in [9.17, 15) is 9.59 Å². The molecular weight excluding hydrogens is 258 g/mol. The van der Waals surface area contributed by atoms with Crippen molar-refractivity contribution in [3.63, 3.8) is 0 Å². The summed E-state index contributed by atoms with van der Waals surface area (Å²) in [6, 6.07) is 10.0. The summed E-state index contributed by atoms with van der Waals surface area (Å²) in [5, 5.41) is 17.0. The quantitative estimate of drug-likeness (QED) is 0.720. The molecule has 0 unspecified atom stereocenters. The summed E-state index contributed by atoms with van der Waals surface area (Å²) < 4.78 is 0. The Hall–Kier alpha value is -3.09. The van der Waals surface area contributed by atoms with E-state index in [0.29, 0.717) is 16.6 Å². The molecule has 0 atom stereocenters. The zero-order chi connectivity index (χ0) is 13.9. The van der Waals surface area contributed by atoms with Gasteiger partial charge < -0.3 is 5.32 Å². The Bertz CT molecular complexity index is 829. The molecule has 0 aliphatic carbocycles. The number of hydrogen-bond acceptors (Lipinski definition) is 5. The topological polar surface area (TPSA) is 101 Å². The van der Waals surface area contributed by atoms with Gasteiger partial charge >= 0.3 is 0 Å². The second kappa shape index (κ2) is 4.88. The van der Waals surface area contributed by atoms with Crippen molar-refractivity contribution in [2.45, 2.75) is 0 Å². The first-order valence-electron chi connectivity index (χ1n) is 5.82. The molecule has 0 aliphatic rings. The number of carbonyl (C=O) groups excluding carboxylic acids is 1. The molecule has 0 fully saturated rings. The Labute approximate surface area is 112 Å². The molecule has 3 aromatic rings. The number of anilines is 1. The second-order valence-corrected chi connectivity index (χ2v) is 4.01. The van der Waals surface area contributed by atoms with E-state index in [1.807, 2.05) is 0 Å². The van der Waals surface area contributed by atoms with E-state index in [-0.39, 0.29) is 11.3 Å². The zero-order valence-corrected chi connectivity index (χ0v) is 10.2. The molecule has 98 valence electrons. The first-order valence-corrected chi connectivity index (χ1v) is 5.82. The van der Waals surface area contributed by atoms with Crippen molar-refractivity contribution in [2.75, 3.05) is 5.32 Å². The highest BCUT2D eigenvalue weighted by Gasteiger charge is 2.14. The van der Waals surface area contributed by atoms with Crippen LogP contribution in [0.1, 0.15) is 10.5 Å². The Morgan fingerprint density at radius 3 is 2.65 bits per heavy atom. The SMILES string of the molecule is O=C(Nc1cccnn1)c1n[nH]c(=O)c2ccccc12. The van der Waals surface area contributed by atoms with Crippen LogP contribution < -0.4 is 10.9 Å². The molecule has 0 aliphatic heterocycles. The van der Waals surface area contributed by atoms with E-state index in [1.54, 1.807) is 36.4 Å². The summed E-state index contributed by atoms with van der Waals surface area (Å²) in [7, 11) is 0. The number of fused-ring (bicyclic) bond motifs is 1. The van der Waals surface area contributed by atoms with Crippen LogP contribution >= 0.6 is 0 Å². The molecule has 0 saturated carbocycles. The van der Waals surface area contributed by atoms with Gasteiger partial charge in [0.25, 0.3) is 11.5 Å². The number of nitrogens with one attached hydrogen (secondary N) is 2.